The summed E-state index contributed by atoms with van der Waals surface area (Å²) in [5, 5.41) is 0. The average molecular weight is 431 g/mol. The molecule has 2 aromatic rings. The summed E-state index contributed by atoms with van der Waals surface area (Å²) in [6, 6.07) is 14.1. The summed E-state index contributed by atoms with van der Waals surface area (Å²) in [5.41, 5.74) is 1.98. The Morgan fingerprint density at radius 3 is 2.57 bits per heavy atom. The van der Waals surface area contributed by atoms with Gasteiger partial charge in [0.05, 0.1) is 25.0 Å². The monoisotopic (exact) mass is 430 g/mol. The average Bonchev–Trinajstić information content (AvgIpc) is 2.93. The van der Waals surface area contributed by atoms with E-state index in [0.29, 0.717) is 43.2 Å². The number of rotatable bonds is 4. The highest BCUT2D eigenvalue weighted by atomic mass is 32.2. The van der Waals surface area contributed by atoms with Crippen molar-refractivity contribution in [3.63, 3.8) is 0 Å². The number of morpholine rings is 1. The van der Waals surface area contributed by atoms with Crippen molar-refractivity contribution in [2.24, 2.45) is 0 Å². The van der Waals surface area contributed by atoms with Crippen LogP contribution in [0.1, 0.15) is 28.4 Å². The van der Waals surface area contributed by atoms with E-state index in [4.69, 9.17) is 9.47 Å². The number of hydrogen-bond donors (Lipinski definition) is 0. The lowest BCUT2D eigenvalue weighted by atomic mass is 10.1. The molecule has 1 fully saturated rings. The summed E-state index contributed by atoms with van der Waals surface area (Å²) in [7, 11) is -3.56. The van der Waals surface area contributed by atoms with Crippen molar-refractivity contribution >= 4 is 15.9 Å². The van der Waals surface area contributed by atoms with Gasteiger partial charge in [-0.1, -0.05) is 30.3 Å². The third-order valence-corrected chi connectivity index (χ3v) is 7.35. The molecule has 2 aliphatic heterocycles. The van der Waals surface area contributed by atoms with Gasteiger partial charge in [-0.15, -0.1) is 0 Å². The van der Waals surface area contributed by atoms with Crippen LogP contribution in [-0.2, 0) is 27.1 Å². The van der Waals surface area contributed by atoms with Gasteiger partial charge in [0.15, 0.2) is 0 Å². The zero-order chi connectivity index (χ0) is 21.1. The summed E-state index contributed by atoms with van der Waals surface area (Å²) in [4.78, 5) is 14.6. The van der Waals surface area contributed by atoms with Crippen LogP contribution in [0.25, 0.3) is 0 Å². The van der Waals surface area contributed by atoms with Crippen molar-refractivity contribution in [2.75, 3.05) is 32.9 Å². The molecule has 0 unspecified atom stereocenters. The highest BCUT2D eigenvalue weighted by Crippen LogP contribution is 2.29. The molecule has 0 saturated carbocycles. The van der Waals surface area contributed by atoms with Crippen LogP contribution >= 0.6 is 0 Å². The standard InChI is InChI=1S/C22H26N2O5S/c1-17-15-29-21-8-7-19(22(25)23-9-11-28-12-10-23)13-20(21)14-24(17)30(26,27)16-18-5-3-2-4-6-18/h2-8,13,17H,9-12,14-16H2,1H3/t17-/m0/s1. The lowest BCUT2D eigenvalue weighted by molar-refractivity contribution is 0.0303. The van der Waals surface area contributed by atoms with Crippen LogP contribution in [-0.4, -0.2) is 62.5 Å². The molecule has 0 radical (unpaired) electrons. The van der Waals surface area contributed by atoms with E-state index in [1.54, 1.807) is 23.1 Å². The van der Waals surface area contributed by atoms with Crippen LogP contribution in [0.4, 0.5) is 0 Å². The normalized spacial score (nSPS) is 20.2. The molecule has 1 atom stereocenters. The quantitative estimate of drug-likeness (QED) is 0.744. The first-order valence-electron chi connectivity index (χ1n) is 10.1. The second-order valence-corrected chi connectivity index (χ2v) is 9.60. The maximum atomic E-state index is 13.2. The number of hydrogen-bond acceptors (Lipinski definition) is 5. The predicted molar refractivity (Wildman–Crippen MR) is 113 cm³/mol. The van der Waals surface area contributed by atoms with Crippen molar-refractivity contribution in [2.45, 2.75) is 25.3 Å². The van der Waals surface area contributed by atoms with Crippen LogP contribution in [0.2, 0.25) is 0 Å². The Labute approximate surface area is 177 Å². The van der Waals surface area contributed by atoms with Gasteiger partial charge in [0, 0.05) is 30.8 Å². The molecule has 2 heterocycles. The minimum atomic E-state index is -3.56. The van der Waals surface area contributed by atoms with Crippen LogP contribution in [0.5, 0.6) is 5.75 Å². The largest absolute Gasteiger partial charge is 0.492 e. The van der Waals surface area contributed by atoms with Crippen molar-refractivity contribution < 1.29 is 22.7 Å². The summed E-state index contributed by atoms with van der Waals surface area (Å²) >= 11 is 0. The van der Waals surface area contributed by atoms with Crippen LogP contribution in [0.3, 0.4) is 0 Å². The topological polar surface area (TPSA) is 76.2 Å². The smallest absolute Gasteiger partial charge is 0.254 e. The van der Waals surface area contributed by atoms with E-state index >= 15 is 0 Å². The molecule has 0 bridgehead atoms. The molecule has 30 heavy (non-hydrogen) atoms. The Bertz CT molecular complexity index is 1000. The zero-order valence-corrected chi connectivity index (χ0v) is 17.8. The number of sulfonamides is 1. The number of amides is 1. The molecule has 160 valence electrons. The van der Waals surface area contributed by atoms with E-state index in [1.807, 2.05) is 37.3 Å². The minimum Gasteiger partial charge on any atom is -0.492 e. The Morgan fingerprint density at radius 2 is 1.83 bits per heavy atom. The lowest BCUT2D eigenvalue weighted by Gasteiger charge is -2.27. The SMILES string of the molecule is C[C@H]1COc2ccc(C(=O)N3CCOCC3)cc2CN1S(=O)(=O)Cc1ccccc1. The van der Waals surface area contributed by atoms with Gasteiger partial charge in [-0.3, -0.25) is 4.79 Å². The van der Waals surface area contributed by atoms with Crippen molar-refractivity contribution in [3.8, 4) is 5.75 Å². The van der Waals surface area contributed by atoms with E-state index in [0.717, 1.165) is 5.56 Å². The summed E-state index contributed by atoms with van der Waals surface area (Å²) < 4.78 is 39.0. The van der Waals surface area contributed by atoms with E-state index in [9.17, 15) is 13.2 Å². The van der Waals surface area contributed by atoms with Gasteiger partial charge in [0.2, 0.25) is 10.0 Å². The summed E-state index contributed by atoms with van der Waals surface area (Å²) in [5.74, 6) is 0.481. The fourth-order valence-corrected chi connectivity index (χ4v) is 5.51. The number of carbonyl (C=O) groups is 1. The van der Waals surface area contributed by atoms with E-state index in [1.165, 1.54) is 4.31 Å². The molecule has 4 rings (SSSR count). The number of fused-ring (bicyclic) bond motifs is 1. The van der Waals surface area contributed by atoms with E-state index in [-0.39, 0.29) is 30.9 Å². The molecular weight excluding hydrogens is 404 g/mol. The first-order chi connectivity index (χ1) is 14.4. The van der Waals surface area contributed by atoms with Gasteiger partial charge in [-0.2, -0.15) is 4.31 Å². The zero-order valence-electron chi connectivity index (χ0n) is 17.0. The van der Waals surface area contributed by atoms with Gasteiger partial charge in [-0.25, -0.2) is 8.42 Å². The molecule has 0 N–H and O–H groups in total. The highest BCUT2D eigenvalue weighted by molar-refractivity contribution is 7.88. The third-order valence-electron chi connectivity index (χ3n) is 5.45. The predicted octanol–water partition coefficient (Wildman–Crippen LogP) is 2.27. The Kier molecular flexibility index (Phi) is 6.08. The number of nitrogens with zero attached hydrogens (tertiary/aromatic N) is 2. The lowest BCUT2D eigenvalue weighted by Crippen LogP contribution is -2.41. The van der Waals surface area contributed by atoms with Crippen molar-refractivity contribution in [1.29, 1.82) is 0 Å². The molecule has 0 aromatic heterocycles. The van der Waals surface area contributed by atoms with Gasteiger partial charge in [0.25, 0.3) is 5.91 Å². The number of carbonyl (C=O) groups excluding carboxylic acids is 1. The molecule has 0 aliphatic carbocycles. The molecule has 1 amide bonds. The third kappa shape index (κ3) is 4.50. The Morgan fingerprint density at radius 1 is 1.10 bits per heavy atom. The maximum Gasteiger partial charge on any atom is 0.254 e. The molecular formula is C22H26N2O5S. The molecule has 1 saturated heterocycles. The van der Waals surface area contributed by atoms with Crippen molar-refractivity contribution in [1.82, 2.24) is 9.21 Å². The van der Waals surface area contributed by atoms with Gasteiger partial charge in [-0.05, 0) is 30.7 Å². The second kappa shape index (κ2) is 8.75. The molecule has 0 spiro atoms. The first-order valence-corrected chi connectivity index (χ1v) is 11.7. The summed E-state index contributed by atoms with van der Waals surface area (Å²) in [6.07, 6.45) is 0. The maximum absolute atomic E-state index is 13.2. The molecule has 7 nitrogen and oxygen atoms in total. The Balaban J connectivity index is 1.59. The number of ether oxygens (including phenoxy) is 2. The van der Waals surface area contributed by atoms with Gasteiger partial charge >= 0.3 is 0 Å². The van der Waals surface area contributed by atoms with E-state index in [2.05, 4.69) is 0 Å². The second-order valence-electron chi connectivity index (χ2n) is 7.67. The van der Waals surface area contributed by atoms with Gasteiger partial charge in [0.1, 0.15) is 12.4 Å². The fourth-order valence-electron chi connectivity index (χ4n) is 3.78. The van der Waals surface area contributed by atoms with Crippen LogP contribution in [0, 0.1) is 0 Å². The minimum absolute atomic E-state index is 0.0695. The molecule has 2 aliphatic rings. The van der Waals surface area contributed by atoms with E-state index < -0.39 is 10.0 Å². The van der Waals surface area contributed by atoms with Crippen LogP contribution in [0.15, 0.2) is 48.5 Å². The van der Waals surface area contributed by atoms with Crippen LogP contribution < -0.4 is 4.74 Å². The Hall–Kier alpha value is -2.42. The summed E-state index contributed by atoms with van der Waals surface area (Å²) in [6.45, 7) is 4.45. The first kappa shape index (κ1) is 20.8. The molecule has 2 aromatic carbocycles. The fraction of sp³-hybridized carbons (Fsp3) is 0.409. The number of benzene rings is 2. The van der Waals surface area contributed by atoms with Crippen molar-refractivity contribution in [3.05, 3.63) is 65.2 Å². The molecule has 8 heteroatoms. The highest BCUT2D eigenvalue weighted by Gasteiger charge is 2.32. The van der Waals surface area contributed by atoms with Gasteiger partial charge < -0.3 is 14.4 Å².